The fourth-order valence-electron chi connectivity index (χ4n) is 7.16. The summed E-state index contributed by atoms with van der Waals surface area (Å²) in [4.78, 5) is 31.8. The van der Waals surface area contributed by atoms with Gasteiger partial charge >= 0.3 is 11.9 Å². The number of alkyl halides is 3. The van der Waals surface area contributed by atoms with E-state index in [1.165, 1.54) is 7.11 Å². The van der Waals surface area contributed by atoms with Gasteiger partial charge in [-0.05, 0) is 81.4 Å². The minimum atomic E-state index is -3.19. The van der Waals surface area contributed by atoms with Gasteiger partial charge in [0.05, 0.1) is 18.1 Å². The van der Waals surface area contributed by atoms with Crippen LogP contribution in [0.4, 0.5) is 18.9 Å². The largest absolute Gasteiger partial charge is 0.465 e. The summed E-state index contributed by atoms with van der Waals surface area (Å²) in [6.45, 7) is 1.20. The van der Waals surface area contributed by atoms with Crippen LogP contribution in [-0.4, -0.2) is 41.3 Å². The maximum absolute atomic E-state index is 14.3. The highest BCUT2D eigenvalue weighted by Crippen LogP contribution is 2.70. The summed E-state index contributed by atoms with van der Waals surface area (Å²) >= 11 is 0. The van der Waals surface area contributed by atoms with E-state index in [-0.39, 0.29) is 30.6 Å². The van der Waals surface area contributed by atoms with Gasteiger partial charge in [-0.25, -0.2) is 9.18 Å². The smallest absolute Gasteiger partial charge is 0.337 e. The van der Waals surface area contributed by atoms with Gasteiger partial charge in [0.25, 0.3) is 5.89 Å². The molecule has 6 saturated carbocycles. The van der Waals surface area contributed by atoms with Crippen LogP contribution in [0.3, 0.4) is 0 Å². The Kier molecular flexibility index (Phi) is 5.15. The van der Waals surface area contributed by atoms with E-state index in [1.54, 1.807) is 29.2 Å². The van der Waals surface area contributed by atoms with Crippen molar-refractivity contribution in [2.75, 3.05) is 18.6 Å². The van der Waals surface area contributed by atoms with Gasteiger partial charge in [0.15, 0.2) is 5.82 Å². The highest BCUT2D eigenvalue weighted by Gasteiger charge is 2.73. The summed E-state index contributed by atoms with van der Waals surface area (Å²) < 4.78 is 51.5. The van der Waals surface area contributed by atoms with Gasteiger partial charge in [-0.2, -0.15) is 13.8 Å². The van der Waals surface area contributed by atoms with Crippen molar-refractivity contribution < 1.29 is 32.0 Å². The lowest BCUT2D eigenvalue weighted by Crippen LogP contribution is -2.71. The minimum absolute atomic E-state index is 0.0844. The van der Waals surface area contributed by atoms with Crippen LogP contribution in [0.5, 0.6) is 0 Å². The van der Waals surface area contributed by atoms with Crippen LogP contribution in [0.15, 0.2) is 28.8 Å². The zero-order chi connectivity index (χ0) is 26.3. The summed E-state index contributed by atoms with van der Waals surface area (Å²) in [7, 11) is 1.31. The highest BCUT2D eigenvalue weighted by molar-refractivity contribution is 6.01. The second-order valence-corrected chi connectivity index (χ2v) is 12.0. The maximum atomic E-state index is 14.3. The number of nitrogens with zero attached hydrogens (tertiary/aromatic N) is 3. The lowest BCUT2D eigenvalue weighted by Gasteiger charge is -2.65. The van der Waals surface area contributed by atoms with E-state index in [2.05, 4.69) is 10.1 Å². The van der Waals surface area contributed by atoms with Crippen molar-refractivity contribution >= 4 is 17.6 Å². The van der Waals surface area contributed by atoms with Gasteiger partial charge in [0.1, 0.15) is 5.67 Å². The zero-order valence-electron chi connectivity index (χ0n) is 21.0. The lowest BCUT2D eigenvalue weighted by atomic mass is 9.41. The number of hydrogen-bond acceptors (Lipinski definition) is 6. The molecule has 0 aliphatic heterocycles. The average molecular weight is 518 g/mol. The normalized spacial score (nSPS) is 33.9. The van der Waals surface area contributed by atoms with Crippen LogP contribution >= 0.6 is 0 Å². The molecule has 0 unspecified atom stereocenters. The first-order valence-corrected chi connectivity index (χ1v) is 12.8. The molecule has 1 aromatic heterocycles. The van der Waals surface area contributed by atoms with E-state index >= 15 is 0 Å². The molecule has 4 bridgehead atoms. The Hall–Kier alpha value is -2.91. The molecule has 0 atom stereocenters. The Balaban J connectivity index is 1.25. The summed E-state index contributed by atoms with van der Waals surface area (Å²) in [5.74, 6) is -4.07. The first-order valence-electron chi connectivity index (χ1n) is 12.8. The monoisotopic (exact) mass is 517 g/mol. The number of anilines is 1. The van der Waals surface area contributed by atoms with Crippen molar-refractivity contribution in [1.82, 2.24) is 10.1 Å². The minimum Gasteiger partial charge on any atom is -0.465 e. The van der Waals surface area contributed by atoms with Crippen LogP contribution < -0.4 is 4.90 Å². The Morgan fingerprint density at radius 3 is 2.30 bits per heavy atom. The number of hydrogen-bond donors (Lipinski definition) is 0. The van der Waals surface area contributed by atoms with Crippen molar-refractivity contribution in [3.8, 4) is 0 Å². The SMILES string of the molecule is COC(=O)c1cccc(N(CC23CCC(c4noc(C(C)(F)F)n4)(CC2)CC3)C(=O)C23CC(F)(C2)C3)c1. The Labute approximate surface area is 212 Å². The molecule has 0 spiro atoms. The molecule has 6 aliphatic carbocycles. The van der Waals surface area contributed by atoms with Gasteiger partial charge in [0, 0.05) is 24.6 Å². The molecule has 0 saturated heterocycles. The van der Waals surface area contributed by atoms with Crippen LogP contribution in [0.2, 0.25) is 0 Å². The lowest BCUT2D eigenvalue weighted by molar-refractivity contribution is -0.211. The van der Waals surface area contributed by atoms with E-state index in [1.807, 2.05) is 0 Å². The Bertz CT molecular complexity index is 1230. The van der Waals surface area contributed by atoms with Gasteiger partial charge in [-0.3, -0.25) is 4.79 Å². The van der Waals surface area contributed by atoms with Crippen LogP contribution in [-0.2, 0) is 20.9 Å². The zero-order valence-corrected chi connectivity index (χ0v) is 21.0. The van der Waals surface area contributed by atoms with E-state index < -0.39 is 34.3 Å². The van der Waals surface area contributed by atoms with E-state index in [0.29, 0.717) is 42.9 Å². The molecular formula is C27H30F3N3O4. The molecule has 0 radical (unpaired) electrons. The molecule has 1 amide bonds. The average Bonchev–Trinajstić information content (AvgIpc) is 3.37. The summed E-state index contributed by atoms with van der Waals surface area (Å²) in [6, 6.07) is 6.84. The molecule has 1 heterocycles. The van der Waals surface area contributed by atoms with Crippen LogP contribution in [0.1, 0.15) is 86.8 Å². The predicted molar refractivity (Wildman–Crippen MR) is 126 cm³/mol. The molecule has 37 heavy (non-hydrogen) atoms. The van der Waals surface area contributed by atoms with Crippen LogP contribution in [0, 0.1) is 10.8 Å². The van der Waals surface area contributed by atoms with Gasteiger partial charge in [0.2, 0.25) is 5.91 Å². The van der Waals surface area contributed by atoms with E-state index in [4.69, 9.17) is 9.26 Å². The number of rotatable bonds is 7. The van der Waals surface area contributed by atoms with Gasteiger partial charge in [-0.1, -0.05) is 11.2 Å². The van der Waals surface area contributed by atoms with Gasteiger partial charge < -0.3 is 14.2 Å². The fraction of sp³-hybridized carbons (Fsp3) is 0.630. The molecule has 198 valence electrons. The highest BCUT2D eigenvalue weighted by atomic mass is 19.3. The third kappa shape index (κ3) is 3.77. The molecular weight excluding hydrogens is 487 g/mol. The number of amides is 1. The molecule has 6 fully saturated rings. The number of halogens is 3. The maximum Gasteiger partial charge on any atom is 0.337 e. The molecule has 2 aromatic rings. The summed E-state index contributed by atoms with van der Waals surface area (Å²) in [6.07, 6.45) is 5.23. The topological polar surface area (TPSA) is 85.5 Å². The number of methoxy groups -OCH3 is 1. The summed E-state index contributed by atoms with van der Waals surface area (Å²) in [5.41, 5.74) is -1.48. The summed E-state index contributed by atoms with van der Waals surface area (Å²) in [5, 5.41) is 3.92. The Morgan fingerprint density at radius 2 is 1.76 bits per heavy atom. The number of esters is 1. The third-order valence-corrected chi connectivity index (χ3v) is 9.41. The van der Waals surface area contributed by atoms with E-state index in [0.717, 1.165) is 26.2 Å². The standard InChI is InChI=1S/C27H30F3N3O4/c1-23(28,29)21-31-20(32-37-21)25-9-6-24(7-10-25,8-11-25)16-33(22(35)26-13-27(30,14-26)15-26)18-5-3-4-17(12-18)19(34)36-2/h3-5,12H,6-11,13-16H2,1-2H3. The molecule has 8 rings (SSSR count). The predicted octanol–water partition coefficient (Wildman–Crippen LogP) is 5.49. The third-order valence-electron chi connectivity index (χ3n) is 9.41. The molecule has 7 nitrogen and oxygen atoms in total. The molecule has 10 heteroatoms. The second kappa shape index (κ2) is 7.80. The number of aromatic nitrogens is 2. The Morgan fingerprint density at radius 1 is 1.11 bits per heavy atom. The number of ether oxygens (including phenoxy) is 1. The first kappa shape index (κ1) is 24.4. The van der Waals surface area contributed by atoms with Crippen molar-refractivity contribution in [2.24, 2.45) is 10.8 Å². The molecule has 6 aliphatic rings. The fourth-order valence-corrected chi connectivity index (χ4v) is 7.16. The number of fused-ring (bicyclic) bond motifs is 3. The quantitative estimate of drug-likeness (QED) is 0.452. The first-order chi connectivity index (χ1) is 17.4. The number of carbonyl (C=O) groups excluding carboxylic acids is 2. The van der Waals surface area contributed by atoms with E-state index in [9.17, 15) is 22.8 Å². The van der Waals surface area contributed by atoms with Crippen molar-refractivity contribution in [2.45, 2.75) is 81.7 Å². The second-order valence-electron chi connectivity index (χ2n) is 12.0. The van der Waals surface area contributed by atoms with Crippen molar-refractivity contribution in [3.63, 3.8) is 0 Å². The van der Waals surface area contributed by atoms with Crippen molar-refractivity contribution in [3.05, 3.63) is 41.5 Å². The molecule has 1 aromatic carbocycles. The van der Waals surface area contributed by atoms with Crippen molar-refractivity contribution in [1.29, 1.82) is 0 Å². The molecule has 0 N–H and O–H groups in total. The number of carbonyl (C=O) groups is 2. The number of benzene rings is 1. The van der Waals surface area contributed by atoms with Crippen LogP contribution in [0.25, 0.3) is 0 Å². The van der Waals surface area contributed by atoms with Gasteiger partial charge in [-0.15, -0.1) is 0 Å².